The third-order valence-electron chi connectivity index (χ3n) is 3.86. The van der Waals surface area contributed by atoms with Gasteiger partial charge in [-0.25, -0.2) is 4.90 Å². The molecule has 0 saturated carbocycles. The number of carbonyl (C=O) groups excluding carboxylic acids is 2. The van der Waals surface area contributed by atoms with Gasteiger partial charge in [0.1, 0.15) is 11.5 Å². The van der Waals surface area contributed by atoms with Crippen molar-refractivity contribution in [1.29, 1.82) is 0 Å². The average molecular weight is 358 g/mol. The molecule has 1 aliphatic rings. The van der Waals surface area contributed by atoms with Crippen LogP contribution in [-0.4, -0.2) is 31.3 Å². The highest BCUT2D eigenvalue weighted by Gasteiger charge is 2.40. The molecule has 1 atom stereocenters. The molecule has 0 bridgehead atoms. The van der Waals surface area contributed by atoms with Crippen LogP contribution in [0.3, 0.4) is 0 Å². The Bertz CT molecular complexity index is 785. The Kier molecular flexibility index (Phi) is 4.85. The maximum atomic E-state index is 12.8. The van der Waals surface area contributed by atoms with Crippen molar-refractivity contribution in [2.75, 3.05) is 24.9 Å². The number of nitrogens with two attached hydrogens (primary N) is 1. The second-order valence-electron chi connectivity index (χ2n) is 5.52. The number of benzene rings is 2. The zero-order valence-corrected chi connectivity index (χ0v) is 14.7. The predicted octanol–water partition coefficient (Wildman–Crippen LogP) is 2.71. The van der Waals surface area contributed by atoms with Gasteiger partial charge in [0.25, 0.3) is 0 Å². The zero-order valence-electron chi connectivity index (χ0n) is 13.9. The lowest BCUT2D eigenvalue weighted by molar-refractivity contribution is -0.121. The Labute approximate surface area is 149 Å². The maximum absolute atomic E-state index is 12.8. The van der Waals surface area contributed by atoms with Crippen molar-refractivity contribution >= 4 is 35.0 Å². The number of rotatable bonds is 5. The van der Waals surface area contributed by atoms with E-state index in [1.165, 1.54) is 30.9 Å². The van der Waals surface area contributed by atoms with Crippen LogP contribution >= 0.6 is 11.8 Å². The van der Waals surface area contributed by atoms with E-state index in [0.29, 0.717) is 22.9 Å². The van der Waals surface area contributed by atoms with Crippen molar-refractivity contribution in [1.82, 2.24) is 0 Å². The summed E-state index contributed by atoms with van der Waals surface area (Å²) >= 11 is 1.36. The molecule has 3 rings (SSSR count). The van der Waals surface area contributed by atoms with E-state index in [9.17, 15) is 9.59 Å². The van der Waals surface area contributed by atoms with Gasteiger partial charge in [-0.3, -0.25) is 9.59 Å². The number of hydrogen-bond acceptors (Lipinski definition) is 6. The molecule has 2 N–H and O–H groups in total. The number of ether oxygens (including phenoxy) is 2. The molecule has 1 fully saturated rings. The fourth-order valence-corrected chi connectivity index (χ4v) is 3.65. The number of imide groups is 1. The molecule has 25 heavy (non-hydrogen) atoms. The predicted molar refractivity (Wildman–Crippen MR) is 97.2 cm³/mol. The molecule has 1 heterocycles. The molecular weight excluding hydrogens is 340 g/mol. The van der Waals surface area contributed by atoms with Crippen LogP contribution < -0.4 is 20.1 Å². The highest BCUT2D eigenvalue weighted by molar-refractivity contribution is 8.00. The van der Waals surface area contributed by atoms with Gasteiger partial charge in [0.05, 0.1) is 25.2 Å². The van der Waals surface area contributed by atoms with Crippen molar-refractivity contribution in [3.05, 3.63) is 42.5 Å². The molecule has 1 unspecified atom stereocenters. The van der Waals surface area contributed by atoms with Crippen LogP contribution in [0, 0.1) is 0 Å². The summed E-state index contributed by atoms with van der Waals surface area (Å²) in [6, 6.07) is 12.2. The molecule has 7 heteroatoms. The third-order valence-corrected chi connectivity index (χ3v) is 5.06. The van der Waals surface area contributed by atoms with Gasteiger partial charge in [-0.15, -0.1) is 11.8 Å². The topological polar surface area (TPSA) is 81.9 Å². The van der Waals surface area contributed by atoms with Crippen LogP contribution in [0.1, 0.15) is 6.42 Å². The number of thioether (sulfide) groups is 1. The lowest BCUT2D eigenvalue weighted by Gasteiger charge is -2.17. The number of nitrogens with zero attached hydrogens (tertiary/aromatic N) is 1. The average Bonchev–Trinajstić information content (AvgIpc) is 2.90. The van der Waals surface area contributed by atoms with Gasteiger partial charge < -0.3 is 15.2 Å². The number of nitrogen functional groups attached to an aromatic ring is 1. The highest BCUT2D eigenvalue weighted by atomic mass is 32.2. The summed E-state index contributed by atoms with van der Waals surface area (Å²) in [6.45, 7) is 0. The minimum atomic E-state index is -0.465. The minimum Gasteiger partial charge on any atom is -0.497 e. The second kappa shape index (κ2) is 7.06. The number of methoxy groups -OCH3 is 2. The van der Waals surface area contributed by atoms with E-state index in [1.807, 2.05) is 12.1 Å². The zero-order chi connectivity index (χ0) is 18.0. The lowest BCUT2D eigenvalue weighted by atomic mass is 10.2. The third kappa shape index (κ3) is 3.56. The normalized spacial score (nSPS) is 17.0. The molecule has 0 aromatic heterocycles. The van der Waals surface area contributed by atoms with Crippen molar-refractivity contribution in [2.45, 2.75) is 16.6 Å². The summed E-state index contributed by atoms with van der Waals surface area (Å²) < 4.78 is 10.4. The standard InChI is InChI=1S/C18H18N2O4S/c1-23-13-7-12(8-14(9-13)24-2)20-17(21)10-16(18(20)22)25-15-5-3-11(19)4-6-15/h3-9,16H,10,19H2,1-2H3. The largest absolute Gasteiger partial charge is 0.497 e. The van der Waals surface area contributed by atoms with E-state index in [1.54, 1.807) is 30.3 Å². The fourth-order valence-electron chi connectivity index (χ4n) is 2.60. The SMILES string of the molecule is COc1cc(OC)cc(N2C(=O)CC(Sc3ccc(N)cc3)C2=O)c1. The quantitative estimate of drug-likeness (QED) is 0.654. The molecule has 1 aliphatic heterocycles. The highest BCUT2D eigenvalue weighted by Crippen LogP contribution is 2.36. The fraction of sp³-hybridized carbons (Fsp3) is 0.222. The molecule has 6 nitrogen and oxygen atoms in total. The van der Waals surface area contributed by atoms with Crippen molar-refractivity contribution in [2.24, 2.45) is 0 Å². The summed E-state index contributed by atoms with van der Waals surface area (Å²) in [6.07, 6.45) is 0.146. The summed E-state index contributed by atoms with van der Waals surface area (Å²) in [5.41, 5.74) is 6.78. The molecule has 2 amide bonds. The van der Waals surface area contributed by atoms with E-state index in [2.05, 4.69) is 0 Å². The molecule has 0 aliphatic carbocycles. The first-order valence-electron chi connectivity index (χ1n) is 7.64. The molecule has 0 radical (unpaired) electrons. The van der Waals surface area contributed by atoms with Crippen LogP contribution in [0.25, 0.3) is 0 Å². The van der Waals surface area contributed by atoms with Crippen LogP contribution in [0.2, 0.25) is 0 Å². The minimum absolute atomic E-state index is 0.146. The molecule has 1 saturated heterocycles. The Morgan fingerprint density at radius 2 is 1.64 bits per heavy atom. The summed E-state index contributed by atoms with van der Waals surface area (Å²) in [7, 11) is 3.04. The van der Waals surface area contributed by atoms with Crippen molar-refractivity contribution < 1.29 is 19.1 Å². The molecule has 130 valence electrons. The number of anilines is 2. The first-order valence-corrected chi connectivity index (χ1v) is 8.52. The van der Waals surface area contributed by atoms with E-state index >= 15 is 0 Å². The Hall–Kier alpha value is -2.67. The van der Waals surface area contributed by atoms with Gasteiger partial charge in [-0.1, -0.05) is 0 Å². The summed E-state index contributed by atoms with van der Waals surface area (Å²) in [4.78, 5) is 27.3. The summed E-state index contributed by atoms with van der Waals surface area (Å²) in [5.74, 6) is 0.546. The molecule has 2 aromatic carbocycles. The smallest absolute Gasteiger partial charge is 0.247 e. The number of hydrogen-bond donors (Lipinski definition) is 1. The Balaban J connectivity index is 1.85. The molecule has 2 aromatic rings. The number of carbonyl (C=O) groups is 2. The second-order valence-corrected chi connectivity index (χ2v) is 6.79. The van der Waals surface area contributed by atoms with Gasteiger partial charge in [0.15, 0.2) is 0 Å². The van der Waals surface area contributed by atoms with Crippen LogP contribution in [0.5, 0.6) is 11.5 Å². The van der Waals surface area contributed by atoms with Gasteiger partial charge >= 0.3 is 0 Å². The number of amides is 2. The monoisotopic (exact) mass is 358 g/mol. The van der Waals surface area contributed by atoms with Gasteiger partial charge in [-0.2, -0.15) is 0 Å². The first kappa shape index (κ1) is 17.2. The lowest BCUT2D eigenvalue weighted by Crippen LogP contribution is -2.31. The van der Waals surface area contributed by atoms with Gasteiger partial charge in [-0.05, 0) is 24.3 Å². The van der Waals surface area contributed by atoms with E-state index < -0.39 is 5.25 Å². The molecular formula is C18H18N2O4S. The van der Waals surface area contributed by atoms with Gasteiger partial charge in [0, 0.05) is 35.2 Å². The Morgan fingerprint density at radius 3 is 2.20 bits per heavy atom. The Morgan fingerprint density at radius 1 is 1.04 bits per heavy atom. The van der Waals surface area contributed by atoms with E-state index in [0.717, 1.165) is 4.90 Å². The first-order chi connectivity index (χ1) is 12.0. The van der Waals surface area contributed by atoms with Crippen LogP contribution in [0.15, 0.2) is 47.4 Å². The van der Waals surface area contributed by atoms with Crippen LogP contribution in [-0.2, 0) is 9.59 Å². The summed E-state index contributed by atoms with van der Waals surface area (Å²) in [5, 5.41) is -0.465. The van der Waals surface area contributed by atoms with Crippen molar-refractivity contribution in [3.63, 3.8) is 0 Å². The maximum Gasteiger partial charge on any atom is 0.247 e. The van der Waals surface area contributed by atoms with Gasteiger partial charge in [0.2, 0.25) is 11.8 Å². The molecule has 0 spiro atoms. The van der Waals surface area contributed by atoms with E-state index in [4.69, 9.17) is 15.2 Å². The van der Waals surface area contributed by atoms with Crippen LogP contribution in [0.4, 0.5) is 11.4 Å². The van der Waals surface area contributed by atoms with Crippen molar-refractivity contribution in [3.8, 4) is 11.5 Å². The van der Waals surface area contributed by atoms with E-state index in [-0.39, 0.29) is 18.2 Å².